The van der Waals surface area contributed by atoms with Gasteiger partial charge in [0.15, 0.2) is 0 Å². The number of rotatable bonds is 6. The maximum absolute atomic E-state index is 2.48. The van der Waals surface area contributed by atoms with Gasteiger partial charge in [-0.25, -0.2) is 0 Å². The van der Waals surface area contributed by atoms with Crippen LogP contribution in [-0.4, -0.2) is 4.57 Å². The van der Waals surface area contributed by atoms with E-state index < -0.39 is 0 Å². The van der Waals surface area contributed by atoms with Crippen molar-refractivity contribution in [1.82, 2.24) is 4.57 Å². The molecule has 0 fully saturated rings. The Morgan fingerprint density at radius 2 is 0.983 bits per heavy atom. The van der Waals surface area contributed by atoms with Crippen LogP contribution in [0.1, 0.15) is 0 Å². The van der Waals surface area contributed by atoms with Crippen molar-refractivity contribution in [2.24, 2.45) is 0 Å². The minimum absolute atomic E-state index is 1.10. The second kappa shape index (κ2) is 13.6. The fourth-order valence-corrected chi connectivity index (χ4v) is 10.5. The van der Waals surface area contributed by atoms with Crippen LogP contribution in [-0.2, 0) is 0 Å². The normalized spacial score (nSPS) is 11.7. The lowest BCUT2D eigenvalue weighted by atomic mass is 9.90. The molecular formula is C56H36N2S. The first-order chi connectivity index (χ1) is 29.3. The van der Waals surface area contributed by atoms with Crippen molar-refractivity contribution in [3.63, 3.8) is 0 Å². The highest BCUT2D eigenvalue weighted by Gasteiger charge is 2.22. The second-order valence-corrected chi connectivity index (χ2v) is 16.3. The van der Waals surface area contributed by atoms with Crippen LogP contribution in [0.2, 0.25) is 0 Å². The summed E-state index contributed by atoms with van der Waals surface area (Å²) in [4.78, 5) is 2.48. The predicted octanol–water partition coefficient (Wildman–Crippen LogP) is 16.3. The third-order valence-corrected chi connectivity index (χ3v) is 13.1. The van der Waals surface area contributed by atoms with Gasteiger partial charge >= 0.3 is 0 Å². The first-order valence-electron chi connectivity index (χ1n) is 20.2. The number of thiophene rings is 1. The zero-order valence-corrected chi connectivity index (χ0v) is 32.9. The first-order valence-corrected chi connectivity index (χ1v) is 21.0. The zero-order chi connectivity index (χ0) is 38.9. The molecule has 276 valence electrons. The third-order valence-electron chi connectivity index (χ3n) is 12.0. The van der Waals surface area contributed by atoms with E-state index in [0.29, 0.717) is 0 Å². The van der Waals surface area contributed by atoms with E-state index in [0.717, 1.165) is 22.7 Å². The smallest absolute Gasteiger partial charge is 0.0561 e. The summed E-state index contributed by atoms with van der Waals surface area (Å²) in [5.41, 5.74) is 11.7. The van der Waals surface area contributed by atoms with Crippen LogP contribution >= 0.6 is 11.3 Å². The summed E-state index contributed by atoms with van der Waals surface area (Å²) in [5, 5.41) is 10.1. The Morgan fingerprint density at radius 3 is 1.83 bits per heavy atom. The molecule has 10 aromatic carbocycles. The van der Waals surface area contributed by atoms with Crippen molar-refractivity contribution in [2.75, 3.05) is 4.90 Å². The summed E-state index contributed by atoms with van der Waals surface area (Å²) in [6.45, 7) is 0. The molecule has 0 bridgehead atoms. The molecule has 0 aliphatic rings. The summed E-state index contributed by atoms with van der Waals surface area (Å²) in [6, 6.07) is 80.0. The molecule has 0 saturated carbocycles. The summed E-state index contributed by atoms with van der Waals surface area (Å²) in [5.74, 6) is 0. The van der Waals surface area contributed by atoms with Crippen LogP contribution in [0, 0.1) is 0 Å². The molecule has 0 spiro atoms. The molecule has 0 unspecified atom stereocenters. The molecule has 0 radical (unpaired) electrons. The van der Waals surface area contributed by atoms with Gasteiger partial charge in [0.25, 0.3) is 0 Å². The Hall–Kier alpha value is -7.46. The van der Waals surface area contributed by atoms with Gasteiger partial charge in [-0.2, -0.15) is 0 Å². The van der Waals surface area contributed by atoms with Crippen molar-refractivity contribution in [1.29, 1.82) is 0 Å². The highest BCUT2D eigenvalue weighted by Crippen LogP contribution is 2.48. The van der Waals surface area contributed by atoms with Crippen LogP contribution in [0.15, 0.2) is 218 Å². The summed E-state index contributed by atoms with van der Waals surface area (Å²) in [7, 11) is 0. The quantitative estimate of drug-likeness (QED) is 0.164. The maximum atomic E-state index is 2.48. The average Bonchev–Trinajstić information content (AvgIpc) is 3.85. The van der Waals surface area contributed by atoms with Crippen molar-refractivity contribution in [3.8, 4) is 27.9 Å². The third kappa shape index (κ3) is 5.40. The molecule has 0 amide bonds. The number of fused-ring (bicyclic) bond motifs is 9. The molecule has 2 aromatic heterocycles. The van der Waals surface area contributed by atoms with Crippen molar-refractivity contribution < 1.29 is 0 Å². The van der Waals surface area contributed by atoms with E-state index in [4.69, 9.17) is 0 Å². The standard InChI is InChI=1S/C56H36N2S/c1-3-15-37(16-4-1)43-25-13-18-39-19-14-26-48(55(39)43)46-24-10-11-27-50(46)57(42-31-33-49-54(36-42)59-53-34-29-38-17-7-8-22-44(38)56(49)53)41-30-32-47-45-23-9-12-28-51(45)58(52(47)35-41)40-20-5-2-6-21-40/h1-36H. The van der Waals surface area contributed by atoms with E-state index in [1.54, 1.807) is 0 Å². The monoisotopic (exact) mass is 768 g/mol. The van der Waals surface area contributed by atoms with Crippen LogP contribution in [0.5, 0.6) is 0 Å². The second-order valence-electron chi connectivity index (χ2n) is 15.3. The number of anilines is 3. The van der Waals surface area contributed by atoms with E-state index in [2.05, 4.69) is 228 Å². The minimum atomic E-state index is 1.10. The van der Waals surface area contributed by atoms with Gasteiger partial charge < -0.3 is 9.47 Å². The van der Waals surface area contributed by atoms with Crippen LogP contribution in [0.4, 0.5) is 17.1 Å². The van der Waals surface area contributed by atoms with Crippen LogP contribution in [0.25, 0.3) is 91.5 Å². The SMILES string of the molecule is c1ccc(-c2cccc3cccc(-c4ccccc4N(c4ccc5c(c4)sc4ccc6ccccc6c45)c4ccc5c6ccccc6n(-c6ccccc6)c5c4)c23)cc1. The Balaban J connectivity index is 1.14. The van der Waals surface area contributed by atoms with E-state index >= 15 is 0 Å². The van der Waals surface area contributed by atoms with Crippen LogP contribution < -0.4 is 4.90 Å². The van der Waals surface area contributed by atoms with E-state index in [1.807, 2.05) is 11.3 Å². The molecule has 12 rings (SSSR count). The lowest BCUT2D eigenvalue weighted by molar-refractivity contribution is 1.18. The summed E-state index contributed by atoms with van der Waals surface area (Å²) >= 11 is 1.87. The van der Waals surface area contributed by atoms with Crippen molar-refractivity contribution >= 4 is 91.9 Å². The fraction of sp³-hybridized carbons (Fsp3) is 0. The number of aromatic nitrogens is 1. The average molecular weight is 769 g/mol. The van der Waals surface area contributed by atoms with Crippen LogP contribution in [0.3, 0.4) is 0 Å². The van der Waals surface area contributed by atoms with Gasteiger partial charge in [0, 0.05) is 53.6 Å². The first kappa shape index (κ1) is 33.7. The molecular weight excluding hydrogens is 733 g/mol. The van der Waals surface area contributed by atoms with E-state index in [-0.39, 0.29) is 0 Å². The molecule has 2 nitrogen and oxygen atoms in total. The van der Waals surface area contributed by atoms with E-state index in [9.17, 15) is 0 Å². The molecule has 3 heteroatoms. The van der Waals surface area contributed by atoms with Gasteiger partial charge in [0.1, 0.15) is 0 Å². The summed E-state index contributed by atoms with van der Waals surface area (Å²) < 4.78 is 4.99. The Morgan fingerprint density at radius 1 is 0.356 bits per heavy atom. The summed E-state index contributed by atoms with van der Waals surface area (Å²) in [6.07, 6.45) is 0. The van der Waals surface area contributed by atoms with Crippen molar-refractivity contribution in [2.45, 2.75) is 0 Å². The molecule has 0 saturated heterocycles. The molecule has 0 N–H and O–H groups in total. The molecule has 12 aromatic rings. The Bertz CT molecular complexity index is 3560. The van der Waals surface area contributed by atoms with Gasteiger partial charge in [0.05, 0.1) is 16.7 Å². The fourth-order valence-electron chi connectivity index (χ4n) is 9.37. The number of benzene rings is 10. The van der Waals surface area contributed by atoms with Gasteiger partial charge in [-0.05, 0) is 92.8 Å². The van der Waals surface area contributed by atoms with Crippen molar-refractivity contribution in [3.05, 3.63) is 218 Å². The topological polar surface area (TPSA) is 8.17 Å². The molecule has 2 heterocycles. The number of nitrogens with zero attached hydrogens (tertiary/aromatic N) is 2. The number of para-hydroxylation sites is 3. The highest BCUT2D eigenvalue weighted by molar-refractivity contribution is 7.26. The largest absolute Gasteiger partial charge is 0.310 e. The van der Waals surface area contributed by atoms with Gasteiger partial charge in [-0.3, -0.25) is 0 Å². The van der Waals surface area contributed by atoms with Gasteiger partial charge in [0.2, 0.25) is 0 Å². The Labute approximate surface area is 346 Å². The van der Waals surface area contributed by atoms with Gasteiger partial charge in [-0.1, -0.05) is 164 Å². The zero-order valence-electron chi connectivity index (χ0n) is 32.1. The number of hydrogen-bond donors (Lipinski definition) is 0. The lowest BCUT2D eigenvalue weighted by Gasteiger charge is -2.28. The predicted molar refractivity (Wildman–Crippen MR) is 254 cm³/mol. The number of hydrogen-bond acceptors (Lipinski definition) is 2. The molecule has 59 heavy (non-hydrogen) atoms. The molecule has 0 atom stereocenters. The molecule has 0 aliphatic carbocycles. The maximum Gasteiger partial charge on any atom is 0.0561 e. The Kier molecular flexibility index (Phi) is 7.75. The lowest BCUT2D eigenvalue weighted by Crippen LogP contribution is -2.11. The van der Waals surface area contributed by atoms with E-state index in [1.165, 1.54) is 85.8 Å². The molecule has 0 aliphatic heterocycles. The minimum Gasteiger partial charge on any atom is -0.310 e. The highest BCUT2D eigenvalue weighted by atomic mass is 32.1. The van der Waals surface area contributed by atoms with Gasteiger partial charge in [-0.15, -0.1) is 11.3 Å².